The van der Waals surface area contributed by atoms with Gasteiger partial charge in [0.2, 0.25) is 0 Å². The SMILES string of the molecule is CC(=O)C(C)(C)c1ncccc1[N+](=O)[O-]. The van der Waals surface area contributed by atoms with E-state index in [0.717, 1.165) is 0 Å². The van der Waals surface area contributed by atoms with Crippen molar-refractivity contribution >= 4 is 11.5 Å². The quantitative estimate of drug-likeness (QED) is 0.561. The van der Waals surface area contributed by atoms with E-state index in [9.17, 15) is 14.9 Å². The van der Waals surface area contributed by atoms with Gasteiger partial charge in [0, 0.05) is 12.3 Å². The van der Waals surface area contributed by atoms with Gasteiger partial charge in [0.1, 0.15) is 11.5 Å². The fraction of sp³-hybridized carbons (Fsp3) is 0.400. The first kappa shape index (κ1) is 11.3. The normalized spacial score (nSPS) is 11.1. The van der Waals surface area contributed by atoms with E-state index < -0.39 is 10.3 Å². The number of Topliss-reactive ketones (excluding diaryl/α,β-unsaturated/α-hetero) is 1. The molecule has 0 N–H and O–H groups in total. The fourth-order valence-electron chi connectivity index (χ4n) is 1.19. The van der Waals surface area contributed by atoms with Crippen LogP contribution in [0.5, 0.6) is 0 Å². The molecule has 0 aliphatic carbocycles. The van der Waals surface area contributed by atoms with Crippen LogP contribution in [0.15, 0.2) is 18.3 Å². The van der Waals surface area contributed by atoms with Crippen molar-refractivity contribution in [3.05, 3.63) is 34.1 Å². The number of pyridine rings is 1. The molecule has 0 amide bonds. The zero-order valence-corrected chi connectivity index (χ0v) is 8.85. The van der Waals surface area contributed by atoms with Crippen molar-refractivity contribution in [1.29, 1.82) is 0 Å². The lowest BCUT2D eigenvalue weighted by atomic mass is 9.84. The molecule has 0 saturated heterocycles. The molecule has 0 aliphatic rings. The van der Waals surface area contributed by atoms with Gasteiger partial charge in [-0.3, -0.25) is 19.9 Å². The molecule has 1 heterocycles. The lowest BCUT2D eigenvalue weighted by molar-refractivity contribution is -0.386. The molecule has 0 aliphatic heterocycles. The third-order valence-corrected chi connectivity index (χ3v) is 2.46. The first-order valence-electron chi connectivity index (χ1n) is 4.48. The number of hydrogen-bond acceptors (Lipinski definition) is 4. The molecule has 1 aromatic heterocycles. The van der Waals surface area contributed by atoms with Gasteiger partial charge in [-0.05, 0) is 26.8 Å². The average Bonchev–Trinajstić information content (AvgIpc) is 2.17. The van der Waals surface area contributed by atoms with Gasteiger partial charge >= 0.3 is 0 Å². The average molecular weight is 208 g/mol. The molecular weight excluding hydrogens is 196 g/mol. The monoisotopic (exact) mass is 208 g/mol. The molecule has 1 rings (SSSR count). The molecule has 0 bridgehead atoms. The van der Waals surface area contributed by atoms with Gasteiger partial charge in [0.15, 0.2) is 0 Å². The summed E-state index contributed by atoms with van der Waals surface area (Å²) in [5, 5.41) is 10.7. The maximum Gasteiger partial charge on any atom is 0.291 e. The number of rotatable bonds is 3. The highest BCUT2D eigenvalue weighted by Crippen LogP contribution is 2.29. The fourth-order valence-corrected chi connectivity index (χ4v) is 1.19. The standard InChI is InChI=1S/C10H12N2O3/c1-7(13)10(2,3)9-8(12(14)15)5-4-6-11-9/h4-6H,1-3H3. The molecule has 5 heteroatoms. The van der Waals surface area contributed by atoms with Gasteiger partial charge in [0.05, 0.1) is 10.3 Å². The molecule has 15 heavy (non-hydrogen) atoms. The summed E-state index contributed by atoms with van der Waals surface area (Å²) in [6.45, 7) is 4.66. The Bertz CT molecular complexity index is 413. The van der Waals surface area contributed by atoms with Crippen molar-refractivity contribution in [3.8, 4) is 0 Å². The van der Waals surface area contributed by atoms with Crippen molar-refractivity contribution < 1.29 is 9.72 Å². The minimum absolute atomic E-state index is 0.113. The number of carbonyl (C=O) groups excluding carboxylic acids is 1. The van der Waals surface area contributed by atoms with Crippen LogP contribution in [0.3, 0.4) is 0 Å². The Morgan fingerprint density at radius 2 is 2.13 bits per heavy atom. The van der Waals surface area contributed by atoms with E-state index in [1.807, 2.05) is 0 Å². The van der Waals surface area contributed by atoms with Gasteiger partial charge < -0.3 is 0 Å². The zero-order valence-electron chi connectivity index (χ0n) is 8.85. The minimum atomic E-state index is -0.927. The molecule has 0 radical (unpaired) electrons. The molecule has 0 spiro atoms. The van der Waals surface area contributed by atoms with Crippen LogP contribution in [0.1, 0.15) is 26.5 Å². The number of carbonyl (C=O) groups is 1. The van der Waals surface area contributed by atoms with E-state index in [2.05, 4.69) is 4.98 Å². The summed E-state index contributed by atoms with van der Waals surface area (Å²) in [5.41, 5.74) is -0.830. The van der Waals surface area contributed by atoms with Crippen molar-refractivity contribution in [2.24, 2.45) is 0 Å². The second kappa shape index (κ2) is 3.76. The third-order valence-electron chi connectivity index (χ3n) is 2.46. The highest BCUT2D eigenvalue weighted by molar-refractivity contribution is 5.87. The number of nitro groups is 1. The van der Waals surface area contributed by atoms with Gasteiger partial charge in [-0.25, -0.2) is 0 Å². The topological polar surface area (TPSA) is 73.1 Å². The first-order valence-corrected chi connectivity index (χ1v) is 4.48. The minimum Gasteiger partial charge on any atom is -0.299 e. The molecule has 0 aromatic carbocycles. The summed E-state index contributed by atoms with van der Waals surface area (Å²) in [4.78, 5) is 25.5. The maximum atomic E-state index is 11.4. The predicted octanol–water partition coefficient (Wildman–Crippen LogP) is 1.86. The highest BCUT2D eigenvalue weighted by atomic mass is 16.6. The Hall–Kier alpha value is -1.78. The maximum absolute atomic E-state index is 11.4. The summed E-state index contributed by atoms with van der Waals surface area (Å²) in [6.07, 6.45) is 1.45. The number of aromatic nitrogens is 1. The van der Waals surface area contributed by atoms with Crippen molar-refractivity contribution in [2.75, 3.05) is 0 Å². The molecule has 0 unspecified atom stereocenters. The second-order valence-corrected chi connectivity index (χ2v) is 3.81. The van der Waals surface area contributed by atoms with Crippen LogP contribution < -0.4 is 0 Å². The van der Waals surface area contributed by atoms with Gasteiger partial charge in [-0.2, -0.15) is 0 Å². The molecule has 5 nitrogen and oxygen atoms in total. The summed E-state index contributed by atoms with van der Waals surface area (Å²) < 4.78 is 0. The summed E-state index contributed by atoms with van der Waals surface area (Å²) in [6, 6.07) is 2.84. The second-order valence-electron chi connectivity index (χ2n) is 3.81. The summed E-state index contributed by atoms with van der Waals surface area (Å²) in [5.74, 6) is -0.149. The molecule has 0 atom stereocenters. The summed E-state index contributed by atoms with van der Waals surface area (Å²) in [7, 11) is 0. The lowest BCUT2D eigenvalue weighted by Gasteiger charge is -2.19. The molecule has 80 valence electrons. The Balaban J connectivity index is 3.37. The van der Waals surface area contributed by atoms with Gasteiger partial charge in [0.25, 0.3) is 5.69 Å². The van der Waals surface area contributed by atoms with E-state index in [1.165, 1.54) is 25.3 Å². The van der Waals surface area contributed by atoms with E-state index in [0.29, 0.717) is 0 Å². The number of nitrogens with zero attached hydrogens (tertiary/aromatic N) is 2. The van der Waals surface area contributed by atoms with Crippen molar-refractivity contribution in [2.45, 2.75) is 26.2 Å². The third kappa shape index (κ3) is 2.01. The van der Waals surface area contributed by atoms with E-state index in [-0.39, 0.29) is 17.2 Å². The van der Waals surface area contributed by atoms with E-state index in [4.69, 9.17) is 0 Å². The molecule has 0 saturated carbocycles. The Morgan fingerprint density at radius 1 is 1.53 bits per heavy atom. The highest BCUT2D eigenvalue weighted by Gasteiger charge is 2.34. The van der Waals surface area contributed by atoms with Gasteiger partial charge in [-0.1, -0.05) is 0 Å². The number of ketones is 1. The van der Waals surface area contributed by atoms with Crippen LogP contribution in [0.25, 0.3) is 0 Å². The Morgan fingerprint density at radius 3 is 2.60 bits per heavy atom. The van der Waals surface area contributed by atoms with Crippen molar-refractivity contribution in [1.82, 2.24) is 4.98 Å². The Kier molecular flexibility index (Phi) is 2.83. The van der Waals surface area contributed by atoms with E-state index >= 15 is 0 Å². The first-order chi connectivity index (χ1) is 6.87. The van der Waals surface area contributed by atoms with Crippen LogP contribution in [0.4, 0.5) is 5.69 Å². The summed E-state index contributed by atoms with van der Waals surface area (Å²) >= 11 is 0. The smallest absolute Gasteiger partial charge is 0.291 e. The van der Waals surface area contributed by atoms with E-state index in [1.54, 1.807) is 13.8 Å². The van der Waals surface area contributed by atoms with Gasteiger partial charge in [-0.15, -0.1) is 0 Å². The van der Waals surface area contributed by atoms with Crippen LogP contribution in [0, 0.1) is 10.1 Å². The van der Waals surface area contributed by atoms with Crippen molar-refractivity contribution in [3.63, 3.8) is 0 Å². The zero-order chi connectivity index (χ0) is 11.6. The largest absolute Gasteiger partial charge is 0.299 e. The molecular formula is C10H12N2O3. The molecule has 1 aromatic rings. The van der Waals surface area contributed by atoms with Crippen LogP contribution >= 0.6 is 0 Å². The lowest BCUT2D eigenvalue weighted by Crippen LogP contribution is -2.28. The Labute approximate surface area is 87.3 Å². The molecule has 0 fully saturated rings. The van der Waals surface area contributed by atoms with Crippen LogP contribution in [-0.2, 0) is 10.2 Å². The van der Waals surface area contributed by atoms with Crippen LogP contribution in [-0.4, -0.2) is 15.7 Å². The van der Waals surface area contributed by atoms with Crippen LogP contribution in [0.2, 0.25) is 0 Å². The number of hydrogen-bond donors (Lipinski definition) is 0. The predicted molar refractivity (Wildman–Crippen MR) is 54.6 cm³/mol.